The Kier molecular flexibility index (Phi) is 6.98. The van der Waals surface area contributed by atoms with E-state index in [1.54, 1.807) is 12.0 Å². The minimum atomic E-state index is -0.336. The molecule has 1 atom stereocenters. The van der Waals surface area contributed by atoms with E-state index in [1.807, 2.05) is 43.3 Å². The van der Waals surface area contributed by atoms with Crippen LogP contribution in [0.25, 0.3) is 0 Å². The molecule has 0 spiro atoms. The van der Waals surface area contributed by atoms with Gasteiger partial charge in [-0.05, 0) is 62.2 Å². The molecule has 0 bridgehead atoms. The highest BCUT2D eigenvalue weighted by atomic mass is 16.5. The van der Waals surface area contributed by atoms with Gasteiger partial charge in [0.05, 0.1) is 13.0 Å². The normalized spacial score (nSPS) is 15.9. The number of likely N-dealkylation sites (tertiary alicyclic amines) is 1. The third kappa shape index (κ3) is 4.93. The third-order valence-electron chi connectivity index (χ3n) is 5.71. The van der Waals surface area contributed by atoms with Gasteiger partial charge in [-0.1, -0.05) is 12.1 Å². The van der Waals surface area contributed by atoms with Crippen LogP contribution in [0.15, 0.2) is 42.5 Å². The Balaban J connectivity index is 1.61. The van der Waals surface area contributed by atoms with E-state index < -0.39 is 0 Å². The topological polar surface area (TPSA) is 61.9 Å². The summed E-state index contributed by atoms with van der Waals surface area (Å²) in [5, 5.41) is 3.02. The fourth-order valence-corrected chi connectivity index (χ4v) is 3.86. The number of methoxy groups -OCH3 is 1. The Morgan fingerprint density at radius 3 is 2.47 bits per heavy atom. The van der Waals surface area contributed by atoms with E-state index in [0.717, 1.165) is 41.3 Å². The number of amides is 2. The molecule has 2 amide bonds. The van der Waals surface area contributed by atoms with Gasteiger partial charge >= 0.3 is 0 Å². The zero-order valence-corrected chi connectivity index (χ0v) is 18.3. The number of carbonyl (C=O) groups is 2. The predicted molar refractivity (Wildman–Crippen MR) is 120 cm³/mol. The molecule has 1 unspecified atom stereocenters. The van der Waals surface area contributed by atoms with Crippen molar-refractivity contribution in [1.82, 2.24) is 4.90 Å². The van der Waals surface area contributed by atoms with E-state index in [0.29, 0.717) is 13.1 Å². The predicted octanol–water partition coefficient (Wildman–Crippen LogP) is 3.84. The molecule has 3 rings (SSSR count). The van der Waals surface area contributed by atoms with Crippen LogP contribution >= 0.6 is 0 Å². The molecule has 6 nitrogen and oxygen atoms in total. The van der Waals surface area contributed by atoms with E-state index in [4.69, 9.17) is 4.74 Å². The fraction of sp³-hybridized carbons (Fsp3) is 0.417. The van der Waals surface area contributed by atoms with Gasteiger partial charge in [-0.25, -0.2) is 0 Å². The lowest BCUT2D eigenvalue weighted by molar-refractivity contribution is -0.128. The molecular weight excluding hydrogens is 378 g/mol. The quantitative estimate of drug-likeness (QED) is 0.720. The first-order chi connectivity index (χ1) is 14.4. The standard InChI is InChI=1S/C24H31N3O3/c1-5-26(6-2)20-9-12-22(17(3)13-20)25-24(29)19-14-23(28)27(16-19)15-18-7-10-21(30-4)11-8-18/h7-13,19H,5-6,14-16H2,1-4H3,(H,25,29). The number of hydrogen-bond donors (Lipinski definition) is 1. The van der Waals surface area contributed by atoms with Crippen molar-refractivity contribution >= 4 is 23.2 Å². The first-order valence-electron chi connectivity index (χ1n) is 10.5. The first-order valence-corrected chi connectivity index (χ1v) is 10.5. The fourth-order valence-electron chi connectivity index (χ4n) is 3.86. The summed E-state index contributed by atoms with van der Waals surface area (Å²) in [6.45, 7) is 9.08. The van der Waals surface area contributed by atoms with Crippen LogP contribution in [-0.4, -0.2) is 43.5 Å². The van der Waals surface area contributed by atoms with Crippen molar-refractivity contribution in [2.75, 3.05) is 37.0 Å². The minimum Gasteiger partial charge on any atom is -0.497 e. The molecule has 1 heterocycles. The van der Waals surface area contributed by atoms with Crippen LogP contribution in [0.3, 0.4) is 0 Å². The van der Waals surface area contributed by atoms with Crippen LogP contribution in [0.1, 0.15) is 31.4 Å². The Hall–Kier alpha value is -3.02. The van der Waals surface area contributed by atoms with Crippen molar-refractivity contribution in [3.05, 3.63) is 53.6 Å². The summed E-state index contributed by atoms with van der Waals surface area (Å²) in [5.41, 5.74) is 3.99. The van der Waals surface area contributed by atoms with Crippen LogP contribution in [0, 0.1) is 12.8 Å². The van der Waals surface area contributed by atoms with Crippen LogP contribution in [0.5, 0.6) is 5.75 Å². The highest BCUT2D eigenvalue weighted by Gasteiger charge is 2.34. The van der Waals surface area contributed by atoms with E-state index in [2.05, 4.69) is 30.1 Å². The number of aryl methyl sites for hydroxylation is 1. The molecule has 2 aromatic carbocycles. The number of benzene rings is 2. The monoisotopic (exact) mass is 409 g/mol. The second kappa shape index (κ2) is 9.65. The average Bonchev–Trinajstić information content (AvgIpc) is 3.12. The molecule has 2 aromatic rings. The van der Waals surface area contributed by atoms with Crippen molar-refractivity contribution in [2.45, 2.75) is 33.7 Å². The lowest BCUT2D eigenvalue weighted by Crippen LogP contribution is -2.28. The zero-order chi connectivity index (χ0) is 21.7. The van der Waals surface area contributed by atoms with Gasteiger partial charge in [-0.3, -0.25) is 9.59 Å². The molecule has 0 saturated carbocycles. The van der Waals surface area contributed by atoms with E-state index >= 15 is 0 Å². The Morgan fingerprint density at radius 2 is 1.87 bits per heavy atom. The lowest BCUT2D eigenvalue weighted by Gasteiger charge is -2.22. The van der Waals surface area contributed by atoms with Crippen molar-refractivity contribution < 1.29 is 14.3 Å². The molecular formula is C24H31N3O3. The molecule has 6 heteroatoms. The van der Waals surface area contributed by atoms with Gasteiger partial charge in [0.2, 0.25) is 11.8 Å². The summed E-state index contributed by atoms with van der Waals surface area (Å²) in [6, 6.07) is 13.7. The molecule has 0 aromatic heterocycles. The van der Waals surface area contributed by atoms with Crippen LogP contribution < -0.4 is 15.0 Å². The molecule has 1 fully saturated rings. The van der Waals surface area contributed by atoms with Gasteiger partial charge in [0, 0.05) is 44.0 Å². The largest absolute Gasteiger partial charge is 0.497 e. The summed E-state index contributed by atoms with van der Waals surface area (Å²) < 4.78 is 5.17. The van der Waals surface area contributed by atoms with Gasteiger partial charge in [0.25, 0.3) is 0 Å². The van der Waals surface area contributed by atoms with E-state index in [9.17, 15) is 9.59 Å². The molecule has 0 aliphatic carbocycles. The molecule has 1 N–H and O–H groups in total. The maximum atomic E-state index is 12.8. The second-order valence-corrected chi connectivity index (χ2v) is 7.68. The summed E-state index contributed by atoms with van der Waals surface area (Å²) in [6.07, 6.45) is 0.249. The van der Waals surface area contributed by atoms with Crippen molar-refractivity contribution in [3.63, 3.8) is 0 Å². The highest BCUT2D eigenvalue weighted by Crippen LogP contribution is 2.26. The van der Waals surface area contributed by atoms with Crippen molar-refractivity contribution in [3.8, 4) is 5.75 Å². The van der Waals surface area contributed by atoms with Crippen molar-refractivity contribution in [2.24, 2.45) is 5.92 Å². The third-order valence-corrected chi connectivity index (χ3v) is 5.71. The van der Waals surface area contributed by atoms with Gasteiger partial charge in [0.1, 0.15) is 5.75 Å². The first kappa shape index (κ1) is 21.7. The summed E-state index contributed by atoms with van der Waals surface area (Å²) in [7, 11) is 1.63. The number of rotatable bonds is 8. The van der Waals surface area contributed by atoms with Crippen LogP contribution in [-0.2, 0) is 16.1 Å². The number of anilines is 2. The van der Waals surface area contributed by atoms with Gasteiger partial charge in [0.15, 0.2) is 0 Å². The van der Waals surface area contributed by atoms with E-state index in [-0.39, 0.29) is 24.2 Å². The Bertz CT molecular complexity index is 891. The highest BCUT2D eigenvalue weighted by molar-refractivity contribution is 5.97. The lowest BCUT2D eigenvalue weighted by atomic mass is 10.1. The van der Waals surface area contributed by atoms with Crippen molar-refractivity contribution in [1.29, 1.82) is 0 Å². The number of ether oxygens (including phenoxy) is 1. The SMILES string of the molecule is CCN(CC)c1ccc(NC(=O)C2CC(=O)N(Cc3ccc(OC)cc3)C2)c(C)c1. The maximum absolute atomic E-state index is 12.8. The van der Waals surface area contributed by atoms with Gasteiger partial charge in [-0.15, -0.1) is 0 Å². The summed E-state index contributed by atoms with van der Waals surface area (Å²) >= 11 is 0. The zero-order valence-electron chi connectivity index (χ0n) is 18.3. The molecule has 30 heavy (non-hydrogen) atoms. The molecule has 1 saturated heterocycles. The average molecular weight is 410 g/mol. The van der Waals surface area contributed by atoms with Gasteiger partial charge in [-0.2, -0.15) is 0 Å². The number of hydrogen-bond acceptors (Lipinski definition) is 4. The van der Waals surface area contributed by atoms with Crippen LogP contribution in [0.4, 0.5) is 11.4 Å². The molecule has 1 aliphatic rings. The molecule has 1 aliphatic heterocycles. The number of carbonyl (C=O) groups excluding carboxylic acids is 2. The molecule has 160 valence electrons. The summed E-state index contributed by atoms with van der Waals surface area (Å²) in [5.74, 6) is 0.364. The smallest absolute Gasteiger partial charge is 0.229 e. The summed E-state index contributed by atoms with van der Waals surface area (Å²) in [4.78, 5) is 29.3. The van der Waals surface area contributed by atoms with Gasteiger partial charge < -0.3 is 19.9 Å². The Labute approximate surface area is 178 Å². The van der Waals surface area contributed by atoms with E-state index in [1.165, 1.54) is 0 Å². The Morgan fingerprint density at radius 1 is 1.17 bits per heavy atom. The molecule has 0 radical (unpaired) electrons. The minimum absolute atomic E-state index is 0.0135. The number of nitrogens with zero attached hydrogens (tertiary/aromatic N) is 2. The van der Waals surface area contributed by atoms with Crippen LogP contribution in [0.2, 0.25) is 0 Å². The number of nitrogens with one attached hydrogen (secondary N) is 1. The maximum Gasteiger partial charge on any atom is 0.229 e. The second-order valence-electron chi connectivity index (χ2n) is 7.68.